The molecule has 116 valence electrons. The van der Waals surface area contributed by atoms with Crippen LogP contribution in [-0.2, 0) is 0 Å². The van der Waals surface area contributed by atoms with Gasteiger partial charge in [0.25, 0.3) is 0 Å². The van der Waals surface area contributed by atoms with Gasteiger partial charge in [0.15, 0.2) is 0 Å². The monoisotopic (exact) mass is 285 g/mol. The summed E-state index contributed by atoms with van der Waals surface area (Å²) in [4.78, 5) is 0. The first-order chi connectivity index (χ1) is 10.1. The zero-order valence-electron chi connectivity index (χ0n) is 13.9. The zero-order valence-corrected chi connectivity index (χ0v) is 13.9. The lowest BCUT2D eigenvalue weighted by atomic mass is 9.50. The molecule has 4 saturated carbocycles. The van der Waals surface area contributed by atoms with Gasteiger partial charge < -0.3 is 0 Å². The van der Waals surface area contributed by atoms with E-state index in [1.165, 1.54) is 57.8 Å². The van der Waals surface area contributed by atoms with E-state index in [0.29, 0.717) is 11.3 Å². The van der Waals surface area contributed by atoms with E-state index in [9.17, 15) is 5.26 Å². The topological polar surface area (TPSA) is 23.8 Å². The first-order valence-electron chi connectivity index (χ1n) is 9.51. The highest BCUT2D eigenvalue weighted by Crippen LogP contribution is 2.63. The molecule has 0 bridgehead atoms. The molecule has 4 rings (SSSR count). The number of hydrogen-bond donors (Lipinski definition) is 0. The molecule has 0 spiro atoms. The number of rotatable bonds is 0. The predicted molar refractivity (Wildman–Crippen MR) is 85.4 cm³/mol. The van der Waals surface area contributed by atoms with Crippen LogP contribution in [0.3, 0.4) is 0 Å². The van der Waals surface area contributed by atoms with E-state index in [-0.39, 0.29) is 0 Å². The van der Waals surface area contributed by atoms with Crippen molar-refractivity contribution in [2.45, 2.75) is 71.6 Å². The van der Waals surface area contributed by atoms with Crippen molar-refractivity contribution in [2.24, 2.45) is 46.8 Å². The van der Waals surface area contributed by atoms with Crippen LogP contribution < -0.4 is 0 Å². The first kappa shape index (κ1) is 14.1. The summed E-state index contributed by atoms with van der Waals surface area (Å²) in [5, 5.41) is 9.53. The molecule has 0 aromatic heterocycles. The number of nitrogens with zero attached hydrogens (tertiary/aromatic N) is 1. The second kappa shape index (κ2) is 5.00. The van der Waals surface area contributed by atoms with Crippen LogP contribution in [-0.4, -0.2) is 0 Å². The summed E-state index contributed by atoms with van der Waals surface area (Å²) >= 11 is 0. The molecule has 4 aliphatic rings. The average Bonchev–Trinajstić information content (AvgIpc) is 2.80. The highest BCUT2D eigenvalue weighted by molar-refractivity contribution is 5.09. The van der Waals surface area contributed by atoms with Gasteiger partial charge in [0.05, 0.1) is 12.0 Å². The Balaban J connectivity index is 1.55. The molecular formula is C20H31N. The largest absolute Gasteiger partial charge is 0.198 e. The molecule has 1 nitrogen and oxygen atoms in total. The maximum atomic E-state index is 9.53. The third-order valence-electron chi connectivity index (χ3n) is 8.31. The van der Waals surface area contributed by atoms with Gasteiger partial charge >= 0.3 is 0 Å². The minimum atomic E-state index is 0.354. The first-order valence-corrected chi connectivity index (χ1v) is 9.51. The van der Waals surface area contributed by atoms with E-state index in [0.717, 1.165) is 35.5 Å². The van der Waals surface area contributed by atoms with E-state index in [2.05, 4.69) is 19.9 Å². The van der Waals surface area contributed by atoms with Crippen LogP contribution in [0.15, 0.2) is 0 Å². The molecule has 1 heteroatoms. The maximum absolute atomic E-state index is 9.53. The molecule has 4 fully saturated rings. The summed E-state index contributed by atoms with van der Waals surface area (Å²) in [6.45, 7) is 4.93. The van der Waals surface area contributed by atoms with Crippen molar-refractivity contribution in [2.75, 3.05) is 0 Å². The van der Waals surface area contributed by atoms with Crippen LogP contribution in [0.5, 0.6) is 0 Å². The van der Waals surface area contributed by atoms with Crippen molar-refractivity contribution in [3.05, 3.63) is 0 Å². The lowest BCUT2D eigenvalue weighted by Crippen LogP contribution is -2.47. The number of fused-ring (bicyclic) bond motifs is 4. The van der Waals surface area contributed by atoms with Gasteiger partial charge in [-0.25, -0.2) is 0 Å². The van der Waals surface area contributed by atoms with E-state index >= 15 is 0 Å². The molecule has 0 aliphatic heterocycles. The normalized spacial score (nSPS) is 56.0. The van der Waals surface area contributed by atoms with Gasteiger partial charge in [-0.1, -0.05) is 20.3 Å². The second-order valence-corrected chi connectivity index (χ2v) is 9.25. The van der Waals surface area contributed by atoms with Gasteiger partial charge in [-0.05, 0) is 92.3 Å². The Labute approximate surface area is 130 Å². The molecule has 4 aliphatic carbocycles. The molecule has 21 heavy (non-hydrogen) atoms. The van der Waals surface area contributed by atoms with Crippen molar-refractivity contribution in [3.8, 4) is 6.07 Å². The molecule has 0 unspecified atom stereocenters. The Bertz CT molecular complexity index is 449. The van der Waals surface area contributed by atoms with Gasteiger partial charge in [0, 0.05) is 0 Å². The SMILES string of the molecule is C[C@H]1CC[C@@H]2[C@H](CC[C@@H]3C[C@@]4(C)[C@@H](CC[C@@H]4C#N)C[C@H]32)C1. The van der Waals surface area contributed by atoms with E-state index in [1.807, 2.05) is 0 Å². The smallest absolute Gasteiger partial charge is 0.0661 e. The van der Waals surface area contributed by atoms with Crippen LogP contribution in [0.4, 0.5) is 0 Å². The molecule has 8 atom stereocenters. The quantitative estimate of drug-likeness (QED) is 0.583. The van der Waals surface area contributed by atoms with Crippen molar-refractivity contribution in [1.82, 2.24) is 0 Å². The fourth-order valence-corrected chi connectivity index (χ4v) is 7.14. The van der Waals surface area contributed by atoms with E-state index < -0.39 is 0 Å². The Hall–Kier alpha value is -0.510. The highest BCUT2D eigenvalue weighted by Gasteiger charge is 2.55. The molecule has 0 aromatic rings. The Morgan fingerprint density at radius 3 is 2.52 bits per heavy atom. The summed E-state index contributed by atoms with van der Waals surface area (Å²) in [5.74, 6) is 6.26. The average molecular weight is 285 g/mol. The Morgan fingerprint density at radius 2 is 1.71 bits per heavy atom. The molecule has 0 heterocycles. The van der Waals surface area contributed by atoms with Gasteiger partial charge in [-0.2, -0.15) is 5.26 Å². The molecular weight excluding hydrogens is 254 g/mol. The third kappa shape index (κ3) is 2.08. The Kier molecular flexibility index (Phi) is 3.36. The minimum Gasteiger partial charge on any atom is -0.198 e. The van der Waals surface area contributed by atoms with Crippen LogP contribution in [0.1, 0.15) is 71.6 Å². The third-order valence-corrected chi connectivity index (χ3v) is 8.31. The van der Waals surface area contributed by atoms with Gasteiger partial charge in [-0.3, -0.25) is 0 Å². The lowest BCUT2D eigenvalue weighted by molar-refractivity contribution is -0.0503. The fourth-order valence-electron chi connectivity index (χ4n) is 7.14. The van der Waals surface area contributed by atoms with E-state index in [4.69, 9.17) is 0 Å². The van der Waals surface area contributed by atoms with Crippen LogP contribution in [0.2, 0.25) is 0 Å². The Morgan fingerprint density at radius 1 is 0.905 bits per heavy atom. The van der Waals surface area contributed by atoms with Crippen molar-refractivity contribution >= 4 is 0 Å². The standard InChI is InChI=1S/C20H31N/c1-13-3-8-18-14(9-13)4-5-15-11-20(2)16(10-19(15)18)6-7-17(20)12-21/h13-19H,3-11H2,1-2H3/t13-,14+,15+,16-,17+,18+,19+,20-/m0/s1. The van der Waals surface area contributed by atoms with Gasteiger partial charge in [-0.15, -0.1) is 0 Å². The van der Waals surface area contributed by atoms with Crippen molar-refractivity contribution < 1.29 is 0 Å². The lowest BCUT2D eigenvalue weighted by Gasteiger charge is -2.55. The minimum absolute atomic E-state index is 0.354. The van der Waals surface area contributed by atoms with Crippen LogP contribution in [0, 0.1) is 58.2 Å². The molecule has 0 amide bonds. The molecule has 0 aromatic carbocycles. The van der Waals surface area contributed by atoms with Crippen molar-refractivity contribution in [1.29, 1.82) is 5.26 Å². The predicted octanol–water partition coefficient (Wildman–Crippen LogP) is 5.41. The highest BCUT2D eigenvalue weighted by atomic mass is 14.6. The van der Waals surface area contributed by atoms with E-state index in [1.54, 1.807) is 0 Å². The van der Waals surface area contributed by atoms with Crippen LogP contribution in [0.25, 0.3) is 0 Å². The second-order valence-electron chi connectivity index (χ2n) is 9.25. The summed E-state index contributed by atoms with van der Waals surface area (Å²) in [6.07, 6.45) is 12.8. The van der Waals surface area contributed by atoms with Gasteiger partial charge in [0.1, 0.15) is 0 Å². The van der Waals surface area contributed by atoms with Gasteiger partial charge in [0.2, 0.25) is 0 Å². The number of nitriles is 1. The zero-order chi connectivity index (χ0) is 14.6. The number of hydrogen-bond acceptors (Lipinski definition) is 1. The van der Waals surface area contributed by atoms with Crippen LogP contribution >= 0.6 is 0 Å². The van der Waals surface area contributed by atoms with Crippen molar-refractivity contribution in [3.63, 3.8) is 0 Å². The molecule has 0 radical (unpaired) electrons. The summed E-state index contributed by atoms with van der Waals surface area (Å²) in [5.41, 5.74) is 0.366. The molecule has 0 N–H and O–H groups in total. The summed E-state index contributed by atoms with van der Waals surface area (Å²) < 4.78 is 0. The fraction of sp³-hybridized carbons (Fsp3) is 0.950. The molecule has 0 saturated heterocycles. The summed E-state index contributed by atoms with van der Waals surface area (Å²) in [7, 11) is 0. The summed E-state index contributed by atoms with van der Waals surface area (Å²) in [6, 6.07) is 2.66. The maximum Gasteiger partial charge on any atom is 0.0661 e.